The lowest BCUT2D eigenvalue weighted by Gasteiger charge is -2.25. The molecule has 0 spiro atoms. The van der Waals surface area contributed by atoms with Gasteiger partial charge in [-0.3, -0.25) is 4.79 Å². The molecule has 3 N–H and O–H groups in total. The van der Waals surface area contributed by atoms with Crippen molar-refractivity contribution in [2.24, 2.45) is 0 Å². The highest BCUT2D eigenvalue weighted by atomic mass is 32.1. The number of urea groups is 1. The summed E-state index contributed by atoms with van der Waals surface area (Å²) in [6.45, 7) is 0.901. The number of ether oxygens (including phenoxy) is 1. The third-order valence-corrected chi connectivity index (χ3v) is 5.84. The van der Waals surface area contributed by atoms with Crippen LogP contribution in [0.3, 0.4) is 0 Å². The molecule has 0 aliphatic carbocycles. The molecule has 0 saturated heterocycles. The molecule has 0 aliphatic rings. The molecule has 8 heteroatoms. The zero-order valence-electron chi connectivity index (χ0n) is 18.4. The van der Waals surface area contributed by atoms with E-state index in [0.29, 0.717) is 24.3 Å². The summed E-state index contributed by atoms with van der Waals surface area (Å²) < 4.78 is 5.21. The molecule has 1 atom stereocenters. The first-order valence-corrected chi connectivity index (χ1v) is 11.1. The minimum atomic E-state index is -0.332. The van der Waals surface area contributed by atoms with Crippen LogP contribution in [-0.2, 0) is 6.54 Å². The number of nitrogens with one attached hydrogen (secondary N) is 3. The van der Waals surface area contributed by atoms with E-state index in [1.165, 1.54) is 0 Å². The highest BCUT2D eigenvalue weighted by molar-refractivity contribution is 7.09. The second-order valence-electron chi connectivity index (χ2n) is 7.43. The van der Waals surface area contributed by atoms with Gasteiger partial charge in [0, 0.05) is 22.7 Å². The van der Waals surface area contributed by atoms with Crippen molar-refractivity contribution in [2.75, 3.05) is 33.1 Å². The Bertz CT molecular complexity index is 1020. The molecular weight excluding hydrogens is 424 g/mol. The second kappa shape index (κ2) is 11.3. The lowest BCUT2D eigenvalue weighted by Crippen LogP contribution is -2.36. The number of rotatable bonds is 9. The van der Waals surface area contributed by atoms with Gasteiger partial charge in [0.05, 0.1) is 19.7 Å². The van der Waals surface area contributed by atoms with Gasteiger partial charge in [0.1, 0.15) is 5.75 Å². The Hall–Kier alpha value is -3.36. The molecule has 168 valence electrons. The number of carbonyl (C=O) groups is 2. The van der Waals surface area contributed by atoms with Gasteiger partial charge in [-0.05, 0) is 61.4 Å². The summed E-state index contributed by atoms with van der Waals surface area (Å²) in [7, 11) is 5.56. The minimum absolute atomic E-state index is 0.000944. The Morgan fingerprint density at radius 1 is 1.03 bits per heavy atom. The van der Waals surface area contributed by atoms with Gasteiger partial charge in [-0.1, -0.05) is 24.3 Å². The fourth-order valence-electron chi connectivity index (χ4n) is 3.21. The van der Waals surface area contributed by atoms with Crippen LogP contribution in [-0.4, -0.2) is 44.6 Å². The summed E-state index contributed by atoms with van der Waals surface area (Å²) in [6, 6.07) is 18.3. The van der Waals surface area contributed by atoms with E-state index < -0.39 is 0 Å². The summed E-state index contributed by atoms with van der Waals surface area (Å²) in [5, 5.41) is 10.6. The lowest BCUT2D eigenvalue weighted by atomic mass is 10.1. The van der Waals surface area contributed by atoms with E-state index in [1.54, 1.807) is 42.7 Å². The van der Waals surface area contributed by atoms with Gasteiger partial charge >= 0.3 is 6.03 Å². The van der Waals surface area contributed by atoms with E-state index >= 15 is 0 Å². The maximum atomic E-state index is 12.5. The van der Waals surface area contributed by atoms with Gasteiger partial charge in [0.2, 0.25) is 0 Å². The number of amides is 3. The molecule has 2 aromatic carbocycles. The number of likely N-dealkylation sites (N-methyl/N-ethyl adjacent to an activating group) is 1. The average molecular weight is 453 g/mol. The Morgan fingerprint density at radius 2 is 1.81 bits per heavy atom. The van der Waals surface area contributed by atoms with E-state index in [1.807, 2.05) is 60.8 Å². The largest absolute Gasteiger partial charge is 0.497 e. The van der Waals surface area contributed by atoms with Gasteiger partial charge in [-0.15, -0.1) is 11.3 Å². The molecule has 0 aliphatic heterocycles. The number of nitrogens with zero attached hydrogens (tertiary/aromatic N) is 1. The molecule has 32 heavy (non-hydrogen) atoms. The zero-order chi connectivity index (χ0) is 22.9. The number of benzene rings is 2. The molecule has 1 heterocycles. The van der Waals surface area contributed by atoms with E-state index in [-0.39, 0.29) is 18.0 Å². The first kappa shape index (κ1) is 23.3. The van der Waals surface area contributed by atoms with Crippen molar-refractivity contribution in [3.8, 4) is 5.75 Å². The topological polar surface area (TPSA) is 82.7 Å². The summed E-state index contributed by atoms with van der Waals surface area (Å²) in [5.74, 6) is 0.603. The SMILES string of the molecule is COc1ccc(C(CNC(=O)Nc2cccc(C(=O)NCc3cccs3)c2)N(C)C)cc1. The van der Waals surface area contributed by atoms with Crippen LogP contribution in [0.5, 0.6) is 5.75 Å². The Morgan fingerprint density at radius 3 is 2.47 bits per heavy atom. The quantitative estimate of drug-likeness (QED) is 0.456. The molecular formula is C24H28N4O3S. The number of methoxy groups -OCH3 is 1. The van der Waals surface area contributed by atoms with Crippen molar-refractivity contribution >= 4 is 29.0 Å². The molecule has 7 nitrogen and oxygen atoms in total. The fraction of sp³-hybridized carbons (Fsp3) is 0.250. The highest BCUT2D eigenvalue weighted by Crippen LogP contribution is 2.21. The molecule has 1 unspecified atom stereocenters. The van der Waals surface area contributed by atoms with E-state index in [0.717, 1.165) is 16.2 Å². The predicted octanol–water partition coefficient (Wildman–Crippen LogP) is 4.11. The third-order valence-electron chi connectivity index (χ3n) is 4.97. The molecule has 3 amide bonds. The highest BCUT2D eigenvalue weighted by Gasteiger charge is 2.16. The molecule has 3 rings (SSSR count). The smallest absolute Gasteiger partial charge is 0.319 e. The Kier molecular flexibility index (Phi) is 8.24. The molecule has 3 aromatic rings. The molecule has 0 fully saturated rings. The van der Waals surface area contributed by atoms with Crippen LogP contribution in [0.2, 0.25) is 0 Å². The van der Waals surface area contributed by atoms with Crippen LogP contribution in [0, 0.1) is 0 Å². The van der Waals surface area contributed by atoms with Gasteiger partial charge in [0.15, 0.2) is 0 Å². The number of hydrogen-bond acceptors (Lipinski definition) is 5. The number of carbonyl (C=O) groups excluding carboxylic acids is 2. The van der Waals surface area contributed by atoms with Crippen molar-refractivity contribution < 1.29 is 14.3 Å². The minimum Gasteiger partial charge on any atom is -0.497 e. The van der Waals surface area contributed by atoms with Gasteiger partial charge < -0.3 is 25.6 Å². The number of anilines is 1. The fourth-order valence-corrected chi connectivity index (χ4v) is 3.85. The van der Waals surface area contributed by atoms with Crippen LogP contribution in [0.15, 0.2) is 66.0 Å². The monoisotopic (exact) mass is 452 g/mol. The standard InChI is InChI=1S/C24H28N4O3S/c1-28(2)22(17-9-11-20(31-3)12-10-17)16-26-24(30)27-19-7-4-6-18(14-19)23(29)25-15-21-8-5-13-32-21/h4-14,22H,15-16H2,1-3H3,(H,25,29)(H2,26,27,30). The van der Waals surface area contributed by atoms with Crippen molar-refractivity contribution in [1.29, 1.82) is 0 Å². The molecule has 0 saturated carbocycles. The zero-order valence-corrected chi connectivity index (χ0v) is 19.2. The van der Waals surface area contributed by atoms with Crippen LogP contribution in [0.1, 0.15) is 26.8 Å². The van der Waals surface area contributed by atoms with Crippen molar-refractivity contribution in [3.05, 3.63) is 82.0 Å². The van der Waals surface area contributed by atoms with E-state index in [9.17, 15) is 9.59 Å². The number of thiophene rings is 1. The van der Waals surface area contributed by atoms with Gasteiger partial charge in [-0.2, -0.15) is 0 Å². The van der Waals surface area contributed by atoms with Crippen molar-refractivity contribution in [1.82, 2.24) is 15.5 Å². The van der Waals surface area contributed by atoms with E-state index in [2.05, 4.69) is 16.0 Å². The Balaban J connectivity index is 1.55. The summed E-state index contributed by atoms with van der Waals surface area (Å²) >= 11 is 1.59. The van der Waals surface area contributed by atoms with Crippen molar-refractivity contribution in [3.63, 3.8) is 0 Å². The lowest BCUT2D eigenvalue weighted by molar-refractivity contribution is 0.0951. The number of hydrogen-bond donors (Lipinski definition) is 3. The maximum absolute atomic E-state index is 12.5. The van der Waals surface area contributed by atoms with Crippen LogP contribution in [0.4, 0.5) is 10.5 Å². The van der Waals surface area contributed by atoms with Crippen LogP contribution in [0.25, 0.3) is 0 Å². The van der Waals surface area contributed by atoms with E-state index in [4.69, 9.17) is 4.74 Å². The maximum Gasteiger partial charge on any atom is 0.319 e. The Labute approximate surface area is 192 Å². The third kappa shape index (κ3) is 6.57. The van der Waals surface area contributed by atoms with Gasteiger partial charge in [0.25, 0.3) is 5.91 Å². The first-order chi connectivity index (χ1) is 15.5. The van der Waals surface area contributed by atoms with Crippen LogP contribution >= 0.6 is 11.3 Å². The van der Waals surface area contributed by atoms with Gasteiger partial charge in [-0.25, -0.2) is 4.79 Å². The predicted molar refractivity (Wildman–Crippen MR) is 128 cm³/mol. The summed E-state index contributed by atoms with van der Waals surface area (Å²) in [6.07, 6.45) is 0. The molecule has 1 aromatic heterocycles. The summed E-state index contributed by atoms with van der Waals surface area (Å²) in [4.78, 5) is 28.0. The van der Waals surface area contributed by atoms with Crippen LogP contribution < -0.4 is 20.7 Å². The molecule has 0 radical (unpaired) electrons. The second-order valence-corrected chi connectivity index (χ2v) is 8.46. The normalized spacial score (nSPS) is 11.6. The average Bonchev–Trinajstić information content (AvgIpc) is 3.31. The van der Waals surface area contributed by atoms with Crippen molar-refractivity contribution in [2.45, 2.75) is 12.6 Å². The first-order valence-electron chi connectivity index (χ1n) is 10.2. The molecule has 0 bridgehead atoms. The summed E-state index contributed by atoms with van der Waals surface area (Å²) in [5.41, 5.74) is 2.11.